The molecule has 2 aliphatic heterocycles. The zero-order valence-corrected chi connectivity index (χ0v) is 11.6. The first-order valence-corrected chi connectivity index (χ1v) is 7.00. The molecule has 1 atom stereocenters. The molecule has 1 unspecified atom stereocenters. The Bertz CT molecular complexity index is 723. The van der Waals surface area contributed by atoms with Gasteiger partial charge in [-0.3, -0.25) is 4.79 Å². The molecule has 0 bridgehead atoms. The first-order chi connectivity index (χ1) is 10.3. The van der Waals surface area contributed by atoms with Crippen LogP contribution in [0.25, 0.3) is 0 Å². The summed E-state index contributed by atoms with van der Waals surface area (Å²) in [4.78, 5) is 16.5. The van der Waals surface area contributed by atoms with Gasteiger partial charge in [-0.05, 0) is 18.6 Å². The zero-order valence-electron chi connectivity index (χ0n) is 11.6. The highest BCUT2D eigenvalue weighted by molar-refractivity contribution is 5.95. The number of nitrogens with zero attached hydrogens (tertiary/aromatic N) is 2. The molecular formula is C15H15N3O3. The van der Waals surface area contributed by atoms with Crippen molar-refractivity contribution in [1.29, 1.82) is 0 Å². The van der Waals surface area contributed by atoms with Gasteiger partial charge in [-0.15, -0.1) is 0 Å². The van der Waals surface area contributed by atoms with Crippen molar-refractivity contribution < 1.29 is 14.3 Å². The molecular weight excluding hydrogens is 270 g/mol. The molecule has 0 aliphatic carbocycles. The summed E-state index contributed by atoms with van der Waals surface area (Å²) in [6, 6.07) is 3.79. The van der Waals surface area contributed by atoms with E-state index in [1.165, 1.54) is 0 Å². The summed E-state index contributed by atoms with van der Waals surface area (Å²) in [6.07, 6.45) is 4.11. The lowest BCUT2D eigenvalue weighted by atomic mass is 9.89. The van der Waals surface area contributed by atoms with Crippen LogP contribution in [0.4, 0.5) is 5.69 Å². The summed E-state index contributed by atoms with van der Waals surface area (Å²) in [5.74, 6) is 2.25. The highest BCUT2D eigenvalue weighted by atomic mass is 16.7. The van der Waals surface area contributed by atoms with E-state index in [0.29, 0.717) is 12.2 Å². The summed E-state index contributed by atoms with van der Waals surface area (Å²) < 4.78 is 12.9. The number of carbonyl (C=O) groups is 1. The second-order valence-corrected chi connectivity index (χ2v) is 5.17. The van der Waals surface area contributed by atoms with Crippen LogP contribution in [-0.4, -0.2) is 22.3 Å². The average Bonchev–Trinajstić information content (AvgIpc) is 3.12. The Kier molecular flexibility index (Phi) is 2.63. The van der Waals surface area contributed by atoms with E-state index in [9.17, 15) is 4.79 Å². The van der Waals surface area contributed by atoms with Crippen LogP contribution < -0.4 is 14.8 Å². The number of hydrogen-bond donors (Lipinski definition) is 1. The molecule has 0 saturated heterocycles. The van der Waals surface area contributed by atoms with Gasteiger partial charge in [-0.1, -0.05) is 0 Å². The highest BCUT2D eigenvalue weighted by Gasteiger charge is 2.31. The lowest BCUT2D eigenvalue weighted by molar-refractivity contribution is -0.116. The van der Waals surface area contributed by atoms with Crippen LogP contribution in [0.1, 0.15) is 30.7 Å². The summed E-state index contributed by atoms with van der Waals surface area (Å²) in [5.41, 5.74) is 1.81. The normalized spacial score (nSPS) is 19.3. The third-order valence-electron chi connectivity index (χ3n) is 3.98. The quantitative estimate of drug-likeness (QED) is 0.917. The molecule has 0 fully saturated rings. The molecule has 2 aliphatic rings. The number of ether oxygens (including phenoxy) is 2. The zero-order chi connectivity index (χ0) is 14.4. The van der Waals surface area contributed by atoms with Gasteiger partial charge in [0.05, 0.1) is 5.92 Å². The first-order valence-electron chi connectivity index (χ1n) is 7.00. The Balaban J connectivity index is 1.86. The van der Waals surface area contributed by atoms with Crippen molar-refractivity contribution >= 4 is 11.6 Å². The topological polar surface area (TPSA) is 65.4 Å². The molecule has 1 amide bonds. The number of imidazole rings is 1. The number of rotatable bonds is 2. The van der Waals surface area contributed by atoms with Crippen molar-refractivity contribution in [3.63, 3.8) is 0 Å². The molecule has 4 rings (SSSR count). The molecule has 6 nitrogen and oxygen atoms in total. The molecule has 1 aromatic carbocycles. The molecule has 0 spiro atoms. The first kappa shape index (κ1) is 12.3. The maximum Gasteiger partial charge on any atom is 0.231 e. The second-order valence-electron chi connectivity index (χ2n) is 5.17. The summed E-state index contributed by atoms with van der Waals surface area (Å²) in [6.45, 7) is 3.11. The maximum absolute atomic E-state index is 12.0. The predicted molar refractivity (Wildman–Crippen MR) is 75.6 cm³/mol. The molecule has 108 valence electrons. The monoisotopic (exact) mass is 285 g/mol. The molecule has 1 aromatic heterocycles. The minimum Gasteiger partial charge on any atom is -0.454 e. The van der Waals surface area contributed by atoms with Gasteiger partial charge in [0.1, 0.15) is 5.82 Å². The Morgan fingerprint density at radius 1 is 1.38 bits per heavy atom. The van der Waals surface area contributed by atoms with Crippen LogP contribution in [0.2, 0.25) is 0 Å². The highest BCUT2D eigenvalue weighted by Crippen LogP contribution is 2.44. The van der Waals surface area contributed by atoms with Crippen LogP contribution in [0, 0.1) is 0 Å². The number of aryl methyl sites for hydroxylation is 1. The van der Waals surface area contributed by atoms with Crippen molar-refractivity contribution in [3.05, 3.63) is 35.9 Å². The average molecular weight is 285 g/mol. The predicted octanol–water partition coefficient (Wildman–Crippen LogP) is 2.11. The Hall–Kier alpha value is -2.50. The van der Waals surface area contributed by atoms with Crippen molar-refractivity contribution in [1.82, 2.24) is 9.55 Å². The molecule has 0 radical (unpaired) electrons. The fraction of sp³-hybridized carbons (Fsp3) is 0.333. The van der Waals surface area contributed by atoms with E-state index in [1.54, 1.807) is 6.20 Å². The summed E-state index contributed by atoms with van der Waals surface area (Å²) in [7, 11) is 0. The molecule has 3 heterocycles. The van der Waals surface area contributed by atoms with Crippen LogP contribution in [-0.2, 0) is 11.3 Å². The van der Waals surface area contributed by atoms with E-state index in [1.807, 2.05) is 18.3 Å². The molecule has 2 aromatic rings. The molecule has 6 heteroatoms. The van der Waals surface area contributed by atoms with E-state index in [2.05, 4.69) is 21.8 Å². The van der Waals surface area contributed by atoms with Gasteiger partial charge in [0, 0.05) is 37.1 Å². The lowest BCUT2D eigenvalue weighted by Gasteiger charge is -2.26. The van der Waals surface area contributed by atoms with Gasteiger partial charge in [-0.25, -0.2) is 4.98 Å². The maximum atomic E-state index is 12.0. The SMILES string of the molecule is CCn1ccnc1C1CC(=O)Nc2cc3c(cc21)OCO3. The van der Waals surface area contributed by atoms with Gasteiger partial charge in [0.25, 0.3) is 0 Å². The van der Waals surface area contributed by atoms with E-state index < -0.39 is 0 Å². The third kappa shape index (κ3) is 1.86. The van der Waals surface area contributed by atoms with E-state index in [0.717, 1.165) is 29.4 Å². The van der Waals surface area contributed by atoms with E-state index in [-0.39, 0.29) is 18.6 Å². The van der Waals surface area contributed by atoms with Crippen LogP contribution in [0.3, 0.4) is 0 Å². The smallest absolute Gasteiger partial charge is 0.231 e. The minimum absolute atomic E-state index is 0.00276. The van der Waals surface area contributed by atoms with Crippen molar-refractivity contribution in [2.45, 2.75) is 25.8 Å². The van der Waals surface area contributed by atoms with Crippen molar-refractivity contribution in [2.75, 3.05) is 12.1 Å². The van der Waals surface area contributed by atoms with Crippen LogP contribution in [0.15, 0.2) is 24.5 Å². The molecule has 1 N–H and O–H groups in total. The Morgan fingerprint density at radius 3 is 3.00 bits per heavy atom. The standard InChI is InChI=1S/C15H15N3O3/c1-2-18-4-3-16-15(18)10-6-14(19)17-11-7-13-12(5-9(10)11)20-8-21-13/h3-5,7,10H,2,6,8H2,1H3,(H,17,19). The number of aromatic nitrogens is 2. The number of anilines is 1. The van der Waals surface area contributed by atoms with Crippen molar-refractivity contribution in [2.24, 2.45) is 0 Å². The van der Waals surface area contributed by atoms with E-state index in [4.69, 9.17) is 9.47 Å². The number of benzene rings is 1. The van der Waals surface area contributed by atoms with E-state index >= 15 is 0 Å². The second kappa shape index (κ2) is 4.51. The number of nitrogens with one attached hydrogen (secondary N) is 1. The van der Waals surface area contributed by atoms with Gasteiger partial charge >= 0.3 is 0 Å². The van der Waals surface area contributed by atoms with Gasteiger partial charge < -0.3 is 19.4 Å². The van der Waals surface area contributed by atoms with Gasteiger partial charge in [-0.2, -0.15) is 0 Å². The number of fused-ring (bicyclic) bond motifs is 2. The van der Waals surface area contributed by atoms with Crippen LogP contribution >= 0.6 is 0 Å². The largest absolute Gasteiger partial charge is 0.454 e. The van der Waals surface area contributed by atoms with Crippen molar-refractivity contribution in [3.8, 4) is 11.5 Å². The fourth-order valence-corrected chi connectivity index (χ4v) is 2.98. The van der Waals surface area contributed by atoms with Gasteiger partial charge in [0.15, 0.2) is 11.5 Å². The Labute approximate surface area is 121 Å². The van der Waals surface area contributed by atoms with Crippen LogP contribution in [0.5, 0.6) is 11.5 Å². The molecule has 0 saturated carbocycles. The third-order valence-corrected chi connectivity index (χ3v) is 3.98. The number of hydrogen-bond acceptors (Lipinski definition) is 4. The van der Waals surface area contributed by atoms with Gasteiger partial charge in [0.2, 0.25) is 12.7 Å². The fourth-order valence-electron chi connectivity index (χ4n) is 2.98. The minimum atomic E-state index is -0.0572. The number of amides is 1. The number of carbonyl (C=O) groups excluding carboxylic acids is 1. The lowest BCUT2D eigenvalue weighted by Crippen LogP contribution is -2.25. The summed E-state index contributed by atoms with van der Waals surface area (Å²) in [5, 5.41) is 2.91. The molecule has 21 heavy (non-hydrogen) atoms. The summed E-state index contributed by atoms with van der Waals surface area (Å²) >= 11 is 0. The Morgan fingerprint density at radius 2 is 2.19 bits per heavy atom.